The van der Waals surface area contributed by atoms with E-state index in [1.807, 2.05) is 6.07 Å². The van der Waals surface area contributed by atoms with E-state index < -0.39 is 10.0 Å². The third kappa shape index (κ3) is 2.96. The molecular formula is C20H19ClN2O2S. The van der Waals surface area contributed by atoms with Crippen molar-refractivity contribution in [3.8, 4) is 0 Å². The molecule has 2 heterocycles. The average Bonchev–Trinajstić information content (AvgIpc) is 3.02. The maximum Gasteiger partial charge on any atom is 0.268 e. The molecule has 0 fully saturated rings. The highest BCUT2D eigenvalue weighted by molar-refractivity contribution is 7.90. The second-order valence-electron chi connectivity index (χ2n) is 6.56. The molecule has 26 heavy (non-hydrogen) atoms. The van der Waals surface area contributed by atoms with Crippen LogP contribution in [0.4, 0.5) is 0 Å². The predicted octanol–water partition coefficient (Wildman–Crippen LogP) is 4.25. The van der Waals surface area contributed by atoms with E-state index in [1.165, 1.54) is 3.97 Å². The maximum absolute atomic E-state index is 13.2. The average molecular weight is 387 g/mol. The van der Waals surface area contributed by atoms with Gasteiger partial charge in [-0.2, -0.15) is 0 Å². The fourth-order valence-electron chi connectivity index (χ4n) is 3.35. The molecule has 0 saturated carbocycles. The number of hydrogen-bond donors (Lipinski definition) is 0. The second-order valence-corrected chi connectivity index (χ2v) is 8.81. The standard InChI is InChI=1S/C20H19ClN2O2S/c1-22-11-9-15(10-12-22)19-14-23(20-8-7-16(21)13-18(19)20)26(24,25)17-5-3-2-4-6-17/h2-9,13-14H,10-12H2,1H3. The fourth-order valence-corrected chi connectivity index (χ4v) is 4.91. The number of rotatable bonds is 3. The molecule has 134 valence electrons. The van der Waals surface area contributed by atoms with Gasteiger partial charge in [-0.3, -0.25) is 0 Å². The van der Waals surface area contributed by atoms with Gasteiger partial charge < -0.3 is 4.90 Å². The highest BCUT2D eigenvalue weighted by Gasteiger charge is 2.23. The van der Waals surface area contributed by atoms with Gasteiger partial charge in [0.15, 0.2) is 0 Å². The monoisotopic (exact) mass is 386 g/mol. The van der Waals surface area contributed by atoms with Crippen molar-refractivity contribution < 1.29 is 8.42 Å². The number of fused-ring (bicyclic) bond motifs is 1. The lowest BCUT2D eigenvalue weighted by atomic mass is 9.99. The fraction of sp³-hybridized carbons (Fsp3) is 0.200. The van der Waals surface area contributed by atoms with Gasteiger partial charge in [0, 0.05) is 35.3 Å². The van der Waals surface area contributed by atoms with Gasteiger partial charge in [-0.25, -0.2) is 12.4 Å². The molecule has 0 aliphatic carbocycles. The maximum atomic E-state index is 13.2. The van der Waals surface area contributed by atoms with Crippen LogP contribution in [0.15, 0.2) is 65.7 Å². The Kier molecular flexibility index (Phi) is 4.39. The normalized spacial score (nSPS) is 16.0. The molecule has 0 unspecified atom stereocenters. The van der Waals surface area contributed by atoms with E-state index in [4.69, 9.17) is 11.6 Å². The first-order valence-electron chi connectivity index (χ1n) is 8.46. The molecule has 1 aliphatic rings. The first-order valence-corrected chi connectivity index (χ1v) is 10.3. The first-order chi connectivity index (χ1) is 12.5. The zero-order valence-corrected chi connectivity index (χ0v) is 16.0. The van der Waals surface area contributed by atoms with Crippen LogP contribution in [0.1, 0.15) is 12.0 Å². The molecular weight excluding hydrogens is 368 g/mol. The van der Waals surface area contributed by atoms with Crippen LogP contribution in [0, 0.1) is 0 Å². The minimum atomic E-state index is -3.67. The largest absolute Gasteiger partial charge is 0.302 e. The van der Waals surface area contributed by atoms with Gasteiger partial charge in [0.1, 0.15) is 0 Å². The van der Waals surface area contributed by atoms with E-state index in [2.05, 4.69) is 18.0 Å². The van der Waals surface area contributed by atoms with Crippen LogP contribution in [-0.2, 0) is 10.0 Å². The van der Waals surface area contributed by atoms with Crippen LogP contribution in [0.25, 0.3) is 16.5 Å². The lowest BCUT2D eigenvalue weighted by Crippen LogP contribution is -2.23. The number of hydrogen-bond acceptors (Lipinski definition) is 3. The van der Waals surface area contributed by atoms with E-state index in [9.17, 15) is 8.42 Å². The Labute approximate surface area is 158 Å². The van der Waals surface area contributed by atoms with Gasteiger partial charge in [0.25, 0.3) is 10.0 Å². The molecule has 0 saturated heterocycles. The Morgan fingerprint density at radius 1 is 1.08 bits per heavy atom. The first kappa shape index (κ1) is 17.3. The minimum absolute atomic E-state index is 0.274. The van der Waals surface area contributed by atoms with E-state index >= 15 is 0 Å². The molecule has 1 aliphatic heterocycles. The minimum Gasteiger partial charge on any atom is -0.302 e. The van der Waals surface area contributed by atoms with Gasteiger partial charge in [-0.15, -0.1) is 0 Å². The van der Waals surface area contributed by atoms with Crippen molar-refractivity contribution in [2.75, 3.05) is 20.1 Å². The third-order valence-electron chi connectivity index (χ3n) is 4.79. The Morgan fingerprint density at radius 3 is 2.54 bits per heavy atom. The van der Waals surface area contributed by atoms with E-state index in [0.29, 0.717) is 10.5 Å². The van der Waals surface area contributed by atoms with Crippen molar-refractivity contribution in [3.05, 3.63) is 71.4 Å². The Bertz CT molecular complexity index is 1100. The summed E-state index contributed by atoms with van der Waals surface area (Å²) in [5.41, 5.74) is 2.75. The van der Waals surface area contributed by atoms with Crippen LogP contribution in [0.2, 0.25) is 5.02 Å². The van der Waals surface area contributed by atoms with Crippen LogP contribution in [0.5, 0.6) is 0 Å². The summed E-state index contributed by atoms with van der Waals surface area (Å²) in [6, 6.07) is 13.9. The molecule has 0 bridgehead atoms. The topological polar surface area (TPSA) is 42.3 Å². The zero-order chi connectivity index (χ0) is 18.3. The Morgan fingerprint density at radius 2 is 1.85 bits per heavy atom. The van der Waals surface area contributed by atoms with Gasteiger partial charge in [-0.1, -0.05) is 35.9 Å². The molecule has 0 amide bonds. The summed E-state index contributed by atoms with van der Waals surface area (Å²) in [6.45, 7) is 1.80. The molecule has 3 aromatic rings. The van der Waals surface area contributed by atoms with Crippen molar-refractivity contribution in [1.82, 2.24) is 8.87 Å². The second kappa shape index (κ2) is 6.58. The molecule has 0 atom stereocenters. The Balaban J connectivity index is 1.95. The molecule has 1 aromatic heterocycles. The van der Waals surface area contributed by atoms with Crippen molar-refractivity contribution in [1.29, 1.82) is 0 Å². The summed E-state index contributed by atoms with van der Waals surface area (Å²) in [5.74, 6) is 0. The van der Waals surface area contributed by atoms with Crippen molar-refractivity contribution >= 4 is 38.1 Å². The van der Waals surface area contributed by atoms with Crippen LogP contribution < -0.4 is 0 Å². The van der Waals surface area contributed by atoms with E-state index in [-0.39, 0.29) is 4.90 Å². The number of likely N-dealkylation sites (N-methyl/N-ethyl adjacent to an activating group) is 1. The highest BCUT2D eigenvalue weighted by Crippen LogP contribution is 2.34. The number of halogens is 1. The number of aromatic nitrogens is 1. The molecule has 4 rings (SSSR count). The quantitative estimate of drug-likeness (QED) is 0.675. The van der Waals surface area contributed by atoms with Gasteiger partial charge in [-0.05, 0) is 49.4 Å². The summed E-state index contributed by atoms with van der Waals surface area (Å²) in [5, 5.41) is 1.47. The van der Waals surface area contributed by atoms with Gasteiger partial charge >= 0.3 is 0 Å². The molecule has 2 aromatic carbocycles. The lowest BCUT2D eigenvalue weighted by Gasteiger charge is -2.21. The molecule has 4 nitrogen and oxygen atoms in total. The van der Waals surface area contributed by atoms with Gasteiger partial charge in [0.2, 0.25) is 0 Å². The predicted molar refractivity (Wildman–Crippen MR) is 106 cm³/mol. The zero-order valence-electron chi connectivity index (χ0n) is 14.4. The smallest absolute Gasteiger partial charge is 0.268 e. The molecule has 0 spiro atoms. The van der Waals surface area contributed by atoms with Crippen LogP contribution >= 0.6 is 11.6 Å². The number of benzene rings is 2. The summed E-state index contributed by atoms with van der Waals surface area (Å²) in [7, 11) is -1.59. The Hall–Kier alpha value is -2.08. The molecule has 6 heteroatoms. The van der Waals surface area contributed by atoms with Crippen LogP contribution in [-0.4, -0.2) is 37.4 Å². The summed E-state index contributed by atoms with van der Waals surface area (Å²) in [4.78, 5) is 2.51. The molecule has 0 radical (unpaired) electrons. The number of nitrogens with zero attached hydrogens (tertiary/aromatic N) is 2. The highest BCUT2D eigenvalue weighted by atomic mass is 35.5. The molecule has 0 N–H and O–H groups in total. The van der Waals surface area contributed by atoms with Crippen molar-refractivity contribution in [3.63, 3.8) is 0 Å². The van der Waals surface area contributed by atoms with E-state index in [1.54, 1.807) is 48.7 Å². The summed E-state index contributed by atoms with van der Waals surface area (Å²) < 4.78 is 27.7. The van der Waals surface area contributed by atoms with Crippen molar-refractivity contribution in [2.24, 2.45) is 0 Å². The third-order valence-corrected chi connectivity index (χ3v) is 6.71. The van der Waals surface area contributed by atoms with Crippen LogP contribution in [0.3, 0.4) is 0 Å². The van der Waals surface area contributed by atoms with Crippen molar-refractivity contribution in [2.45, 2.75) is 11.3 Å². The SMILES string of the molecule is CN1CC=C(c2cn(S(=O)(=O)c3ccccc3)c3ccc(Cl)cc23)CC1. The summed E-state index contributed by atoms with van der Waals surface area (Å²) in [6.07, 6.45) is 4.78. The van der Waals surface area contributed by atoms with Gasteiger partial charge in [0.05, 0.1) is 10.4 Å². The summed E-state index contributed by atoms with van der Waals surface area (Å²) >= 11 is 6.21. The van der Waals surface area contributed by atoms with E-state index in [0.717, 1.165) is 36.0 Å². The lowest BCUT2D eigenvalue weighted by molar-refractivity contribution is 0.370.